The van der Waals surface area contributed by atoms with Gasteiger partial charge in [-0.25, -0.2) is 9.37 Å². The van der Waals surface area contributed by atoms with Crippen LogP contribution in [0.25, 0.3) is 22.1 Å². The van der Waals surface area contributed by atoms with Crippen molar-refractivity contribution in [2.75, 3.05) is 11.1 Å². The molecule has 0 aliphatic rings. The highest BCUT2D eigenvalue weighted by atomic mass is 79.9. The predicted octanol–water partition coefficient (Wildman–Crippen LogP) is 4.76. The van der Waals surface area contributed by atoms with Gasteiger partial charge in [-0.2, -0.15) is 0 Å². The van der Waals surface area contributed by atoms with Crippen molar-refractivity contribution in [3.63, 3.8) is 0 Å². The highest BCUT2D eigenvalue weighted by Gasteiger charge is 2.14. The minimum absolute atomic E-state index is 0.0448. The van der Waals surface area contributed by atoms with E-state index in [0.717, 1.165) is 39.3 Å². The number of rotatable bonds is 4. The smallest absolute Gasteiger partial charge is 0.234 e. The molecule has 0 atom stereocenters. The summed E-state index contributed by atoms with van der Waals surface area (Å²) >= 11 is 4.33. The Morgan fingerprint density at radius 3 is 2.86 bits per heavy atom. The fourth-order valence-corrected chi connectivity index (χ4v) is 3.97. The van der Waals surface area contributed by atoms with Gasteiger partial charge >= 0.3 is 0 Å². The fourth-order valence-electron chi connectivity index (χ4n) is 3.05. The molecule has 0 aliphatic heterocycles. The van der Waals surface area contributed by atoms with Crippen molar-refractivity contribution in [3.8, 4) is 0 Å². The van der Waals surface area contributed by atoms with Crippen molar-refractivity contribution in [1.82, 2.24) is 20.2 Å². The summed E-state index contributed by atoms with van der Waals surface area (Å²) in [5, 5.41) is 12.2. The maximum absolute atomic E-state index is 13.8. The lowest BCUT2D eigenvalue weighted by Crippen LogP contribution is -2.15. The van der Waals surface area contributed by atoms with E-state index in [-0.39, 0.29) is 17.3 Å². The second kappa shape index (κ2) is 7.48. The molecule has 0 saturated heterocycles. The lowest BCUT2D eigenvalue weighted by molar-refractivity contribution is -0.113. The Morgan fingerprint density at radius 2 is 2.07 bits per heavy atom. The van der Waals surface area contributed by atoms with Gasteiger partial charge < -0.3 is 10.3 Å². The summed E-state index contributed by atoms with van der Waals surface area (Å²) in [6, 6.07) is 8.59. The molecule has 28 heavy (non-hydrogen) atoms. The molecule has 0 radical (unpaired) electrons. The molecule has 0 unspecified atom stereocenters. The van der Waals surface area contributed by atoms with Gasteiger partial charge in [0, 0.05) is 15.4 Å². The second-order valence-corrected chi connectivity index (χ2v) is 8.24. The molecule has 0 aliphatic carbocycles. The topological polar surface area (TPSA) is 83.6 Å². The SMILES string of the molecule is Cc1cc(C)c2c(c1)[nH]c1nnc(SCC(=O)Nc3ccc(Br)cc3F)nc12. The standard InChI is InChI=1S/C19H15BrFN5OS/c1-9-5-10(2)16-14(6-9)23-18-17(16)24-19(26-25-18)28-8-15(27)22-13-4-3-11(20)7-12(13)21/h3-7H,8H2,1-2H3,(H,22,27)(H,23,25). The minimum Gasteiger partial charge on any atom is -0.336 e. The Bertz CT molecular complexity index is 1230. The van der Waals surface area contributed by atoms with Crippen LogP contribution in [0.15, 0.2) is 40.0 Å². The molecule has 2 N–H and O–H groups in total. The quantitative estimate of drug-likeness (QED) is 0.430. The van der Waals surface area contributed by atoms with E-state index in [2.05, 4.69) is 47.5 Å². The molecule has 6 nitrogen and oxygen atoms in total. The highest BCUT2D eigenvalue weighted by molar-refractivity contribution is 9.10. The first-order valence-electron chi connectivity index (χ1n) is 8.42. The Labute approximate surface area is 172 Å². The van der Waals surface area contributed by atoms with E-state index in [0.29, 0.717) is 15.3 Å². The van der Waals surface area contributed by atoms with Gasteiger partial charge in [-0.1, -0.05) is 33.8 Å². The number of carbonyl (C=O) groups is 1. The van der Waals surface area contributed by atoms with Crippen LogP contribution in [0, 0.1) is 19.7 Å². The lowest BCUT2D eigenvalue weighted by Gasteiger charge is -2.06. The molecule has 4 aromatic rings. The van der Waals surface area contributed by atoms with Crippen LogP contribution in [0.4, 0.5) is 10.1 Å². The Balaban J connectivity index is 1.53. The van der Waals surface area contributed by atoms with Gasteiger partial charge in [-0.3, -0.25) is 4.79 Å². The monoisotopic (exact) mass is 459 g/mol. The molecule has 0 saturated carbocycles. The molecular formula is C19H15BrFN5OS. The average Bonchev–Trinajstić information content (AvgIpc) is 3.00. The summed E-state index contributed by atoms with van der Waals surface area (Å²) < 4.78 is 14.4. The van der Waals surface area contributed by atoms with Crippen molar-refractivity contribution < 1.29 is 9.18 Å². The molecule has 0 bridgehead atoms. The van der Waals surface area contributed by atoms with Crippen molar-refractivity contribution in [2.45, 2.75) is 19.0 Å². The van der Waals surface area contributed by atoms with Crippen molar-refractivity contribution in [2.24, 2.45) is 0 Å². The van der Waals surface area contributed by atoms with Crippen molar-refractivity contribution >= 4 is 61.4 Å². The zero-order valence-electron chi connectivity index (χ0n) is 15.0. The van der Waals surface area contributed by atoms with E-state index in [4.69, 9.17) is 0 Å². The number of halogens is 2. The van der Waals surface area contributed by atoms with Crippen LogP contribution >= 0.6 is 27.7 Å². The number of anilines is 1. The van der Waals surface area contributed by atoms with E-state index in [1.54, 1.807) is 6.07 Å². The third kappa shape index (κ3) is 3.72. The molecule has 4 rings (SSSR count). The third-order valence-corrected chi connectivity index (χ3v) is 5.51. The number of benzene rings is 2. The number of H-pyrrole nitrogens is 1. The van der Waals surface area contributed by atoms with Gasteiger partial charge in [0.2, 0.25) is 11.1 Å². The summed E-state index contributed by atoms with van der Waals surface area (Å²) in [6.45, 7) is 4.06. The first kappa shape index (κ1) is 18.8. The zero-order chi connectivity index (χ0) is 19.8. The van der Waals surface area contributed by atoms with E-state index in [9.17, 15) is 9.18 Å². The molecule has 2 aromatic heterocycles. The summed E-state index contributed by atoms with van der Waals surface area (Å²) in [7, 11) is 0. The number of amides is 1. The van der Waals surface area contributed by atoms with Crippen LogP contribution in [0.5, 0.6) is 0 Å². The summed E-state index contributed by atoms with van der Waals surface area (Å²) in [5.41, 5.74) is 4.67. The minimum atomic E-state index is -0.503. The van der Waals surface area contributed by atoms with Crippen molar-refractivity contribution in [1.29, 1.82) is 0 Å². The fraction of sp³-hybridized carbons (Fsp3) is 0.158. The Morgan fingerprint density at radius 1 is 1.25 bits per heavy atom. The maximum atomic E-state index is 13.8. The number of aromatic nitrogens is 4. The number of aromatic amines is 1. The van der Waals surface area contributed by atoms with Crippen LogP contribution in [-0.4, -0.2) is 31.8 Å². The first-order valence-corrected chi connectivity index (χ1v) is 10.2. The number of thioether (sulfide) groups is 1. The van der Waals surface area contributed by atoms with E-state index < -0.39 is 5.82 Å². The Hall–Kier alpha value is -2.52. The third-order valence-electron chi connectivity index (χ3n) is 4.17. The van der Waals surface area contributed by atoms with Crippen LogP contribution in [0.1, 0.15) is 11.1 Å². The molecule has 1 amide bonds. The number of hydrogen-bond donors (Lipinski definition) is 2. The largest absolute Gasteiger partial charge is 0.336 e. The highest BCUT2D eigenvalue weighted by Crippen LogP contribution is 2.28. The molecule has 9 heteroatoms. The van der Waals surface area contributed by atoms with Gasteiger partial charge in [0.25, 0.3) is 0 Å². The predicted molar refractivity (Wildman–Crippen MR) is 112 cm³/mol. The van der Waals surface area contributed by atoms with Crippen LogP contribution in [0.3, 0.4) is 0 Å². The average molecular weight is 460 g/mol. The second-order valence-electron chi connectivity index (χ2n) is 6.38. The normalized spacial score (nSPS) is 11.3. The molecular weight excluding hydrogens is 445 g/mol. The van der Waals surface area contributed by atoms with Gasteiger partial charge in [0.1, 0.15) is 11.3 Å². The van der Waals surface area contributed by atoms with Gasteiger partial charge in [0.15, 0.2) is 5.65 Å². The first-order chi connectivity index (χ1) is 13.4. The van der Waals surface area contributed by atoms with E-state index in [1.165, 1.54) is 12.1 Å². The van der Waals surface area contributed by atoms with Crippen LogP contribution in [0.2, 0.25) is 0 Å². The summed E-state index contributed by atoms with van der Waals surface area (Å²) in [5.74, 6) is -0.805. The lowest BCUT2D eigenvalue weighted by atomic mass is 10.1. The number of nitrogens with zero attached hydrogens (tertiary/aromatic N) is 3. The molecule has 0 fully saturated rings. The number of carbonyl (C=O) groups excluding carboxylic acids is 1. The van der Waals surface area contributed by atoms with Gasteiger partial charge in [-0.15, -0.1) is 10.2 Å². The van der Waals surface area contributed by atoms with E-state index >= 15 is 0 Å². The summed E-state index contributed by atoms with van der Waals surface area (Å²) in [6.07, 6.45) is 0. The number of nitrogens with one attached hydrogen (secondary N) is 2. The number of aryl methyl sites for hydroxylation is 2. The Kier molecular flexibility index (Phi) is 5.03. The molecule has 142 valence electrons. The molecule has 2 aromatic carbocycles. The summed E-state index contributed by atoms with van der Waals surface area (Å²) in [4.78, 5) is 19.9. The van der Waals surface area contributed by atoms with E-state index in [1.807, 2.05) is 19.9 Å². The van der Waals surface area contributed by atoms with Crippen molar-refractivity contribution in [3.05, 3.63) is 51.7 Å². The maximum Gasteiger partial charge on any atom is 0.234 e. The molecule has 0 spiro atoms. The zero-order valence-corrected chi connectivity index (χ0v) is 17.4. The van der Waals surface area contributed by atoms with Crippen LogP contribution < -0.4 is 5.32 Å². The van der Waals surface area contributed by atoms with Crippen LogP contribution in [-0.2, 0) is 4.79 Å². The number of hydrogen-bond acceptors (Lipinski definition) is 5. The van der Waals surface area contributed by atoms with Gasteiger partial charge in [-0.05, 0) is 49.2 Å². The molecule has 2 heterocycles. The van der Waals surface area contributed by atoms with Gasteiger partial charge in [0.05, 0.1) is 11.4 Å². The number of fused-ring (bicyclic) bond motifs is 3.